The lowest BCUT2D eigenvalue weighted by Gasteiger charge is -2.16. The number of imide groups is 1. The second kappa shape index (κ2) is 5.25. The molecule has 3 rings (SSSR count). The first kappa shape index (κ1) is 13.1. The topological polar surface area (TPSA) is 58.6 Å². The van der Waals surface area contributed by atoms with Crippen LogP contribution in [0.15, 0.2) is 24.3 Å². The van der Waals surface area contributed by atoms with Crippen LogP contribution < -0.4 is 15.0 Å². The molecule has 1 N–H and O–H groups in total. The van der Waals surface area contributed by atoms with E-state index < -0.39 is 0 Å². The van der Waals surface area contributed by atoms with E-state index in [1.807, 2.05) is 6.92 Å². The molecule has 0 spiro atoms. The lowest BCUT2D eigenvalue weighted by Crippen LogP contribution is -2.39. The van der Waals surface area contributed by atoms with Crippen molar-refractivity contribution in [3.8, 4) is 5.75 Å². The summed E-state index contributed by atoms with van der Waals surface area (Å²) in [6.45, 7) is 2.50. The highest BCUT2D eigenvalue weighted by Crippen LogP contribution is 2.27. The summed E-state index contributed by atoms with van der Waals surface area (Å²) in [7, 11) is 0. The molecule has 0 aromatic heterocycles. The molecule has 1 aromatic carbocycles. The van der Waals surface area contributed by atoms with Gasteiger partial charge in [0.2, 0.25) is 5.91 Å². The van der Waals surface area contributed by atoms with Crippen LogP contribution in [0.1, 0.15) is 26.2 Å². The molecule has 0 radical (unpaired) electrons. The zero-order chi connectivity index (χ0) is 14.1. The minimum absolute atomic E-state index is 0.141. The Bertz CT molecular complexity index is 522. The summed E-state index contributed by atoms with van der Waals surface area (Å²) in [5, 5.41) is 3.23. The maximum atomic E-state index is 12.3. The van der Waals surface area contributed by atoms with Gasteiger partial charge in [-0.2, -0.15) is 0 Å². The minimum Gasteiger partial charge on any atom is -0.494 e. The first-order valence-corrected chi connectivity index (χ1v) is 7.04. The highest BCUT2D eigenvalue weighted by Gasteiger charge is 2.41. The Hall–Kier alpha value is -1.88. The smallest absolute Gasteiger partial charge is 0.251 e. The summed E-state index contributed by atoms with van der Waals surface area (Å²) in [5.74, 6) is 0.450. The predicted molar refractivity (Wildman–Crippen MR) is 74.7 cm³/mol. The summed E-state index contributed by atoms with van der Waals surface area (Å²) in [6, 6.07) is 7.11. The van der Waals surface area contributed by atoms with Crippen LogP contribution in [0.3, 0.4) is 0 Å². The summed E-state index contributed by atoms with van der Waals surface area (Å²) in [4.78, 5) is 25.6. The molecule has 2 amide bonds. The summed E-state index contributed by atoms with van der Waals surface area (Å²) < 4.78 is 5.36. The zero-order valence-electron chi connectivity index (χ0n) is 11.5. The van der Waals surface area contributed by atoms with Crippen LogP contribution in [-0.4, -0.2) is 30.5 Å². The van der Waals surface area contributed by atoms with Crippen LogP contribution in [0, 0.1) is 0 Å². The van der Waals surface area contributed by atoms with E-state index in [0.717, 1.165) is 18.6 Å². The number of rotatable bonds is 5. The van der Waals surface area contributed by atoms with E-state index in [1.54, 1.807) is 24.3 Å². The molecule has 1 saturated carbocycles. The average Bonchev–Trinajstić information content (AvgIpc) is 3.19. The van der Waals surface area contributed by atoms with Crippen molar-refractivity contribution in [2.75, 3.05) is 11.5 Å². The number of amides is 2. The SMILES string of the molecule is CCOc1ccc(N2C(=O)C[C@H](NC3CC3)C2=O)cc1. The van der Waals surface area contributed by atoms with Crippen LogP contribution in [0.4, 0.5) is 5.69 Å². The molecule has 1 heterocycles. The number of anilines is 1. The van der Waals surface area contributed by atoms with E-state index >= 15 is 0 Å². The Kier molecular flexibility index (Phi) is 3.44. The molecule has 1 atom stereocenters. The molecule has 0 bridgehead atoms. The number of hydrogen-bond donors (Lipinski definition) is 1. The van der Waals surface area contributed by atoms with Gasteiger partial charge in [0.15, 0.2) is 0 Å². The van der Waals surface area contributed by atoms with Crippen LogP contribution in [0.5, 0.6) is 5.75 Å². The monoisotopic (exact) mass is 274 g/mol. The molecule has 1 aliphatic heterocycles. The number of benzene rings is 1. The molecule has 2 aliphatic rings. The van der Waals surface area contributed by atoms with E-state index in [9.17, 15) is 9.59 Å². The first-order valence-electron chi connectivity index (χ1n) is 7.04. The second-order valence-corrected chi connectivity index (χ2v) is 5.19. The molecule has 5 heteroatoms. The average molecular weight is 274 g/mol. The highest BCUT2D eigenvalue weighted by atomic mass is 16.5. The van der Waals surface area contributed by atoms with Gasteiger partial charge < -0.3 is 10.1 Å². The molecule has 0 unspecified atom stereocenters. The number of carbonyl (C=O) groups excluding carboxylic acids is 2. The van der Waals surface area contributed by atoms with E-state index in [-0.39, 0.29) is 24.3 Å². The van der Waals surface area contributed by atoms with Crippen molar-refractivity contribution in [3.63, 3.8) is 0 Å². The third-order valence-electron chi connectivity index (χ3n) is 3.57. The molecular weight excluding hydrogens is 256 g/mol. The van der Waals surface area contributed by atoms with E-state index in [4.69, 9.17) is 4.74 Å². The highest BCUT2D eigenvalue weighted by molar-refractivity contribution is 6.22. The molecule has 20 heavy (non-hydrogen) atoms. The fourth-order valence-electron chi connectivity index (χ4n) is 2.43. The first-order chi connectivity index (χ1) is 9.69. The van der Waals surface area contributed by atoms with Crippen LogP contribution >= 0.6 is 0 Å². The Labute approximate surface area is 117 Å². The fourth-order valence-corrected chi connectivity index (χ4v) is 2.43. The van der Waals surface area contributed by atoms with Crippen molar-refractivity contribution in [1.29, 1.82) is 0 Å². The lowest BCUT2D eigenvalue weighted by molar-refractivity contribution is -0.121. The normalized spacial score (nSPS) is 22.4. The number of nitrogens with one attached hydrogen (secondary N) is 1. The van der Waals surface area contributed by atoms with E-state index in [2.05, 4.69) is 5.32 Å². The van der Waals surface area contributed by atoms with Gasteiger partial charge in [0.1, 0.15) is 5.75 Å². The molecule has 1 saturated heterocycles. The minimum atomic E-state index is -0.360. The maximum absolute atomic E-state index is 12.3. The van der Waals surface area contributed by atoms with Crippen molar-refractivity contribution in [3.05, 3.63) is 24.3 Å². The number of hydrogen-bond acceptors (Lipinski definition) is 4. The Morgan fingerprint density at radius 2 is 1.95 bits per heavy atom. The zero-order valence-corrected chi connectivity index (χ0v) is 11.5. The summed E-state index contributed by atoms with van der Waals surface area (Å²) in [6.07, 6.45) is 2.45. The Morgan fingerprint density at radius 3 is 2.55 bits per heavy atom. The quantitative estimate of drug-likeness (QED) is 0.826. The van der Waals surface area contributed by atoms with Crippen molar-refractivity contribution in [1.82, 2.24) is 5.32 Å². The van der Waals surface area contributed by atoms with Gasteiger partial charge in [-0.3, -0.25) is 9.59 Å². The maximum Gasteiger partial charge on any atom is 0.251 e. The molecule has 2 fully saturated rings. The molecule has 1 aliphatic carbocycles. The van der Waals surface area contributed by atoms with Gasteiger partial charge in [0.25, 0.3) is 5.91 Å². The van der Waals surface area contributed by atoms with E-state index in [0.29, 0.717) is 18.3 Å². The Morgan fingerprint density at radius 1 is 1.25 bits per heavy atom. The second-order valence-electron chi connectivity index (χ2n) is 5.19. The van der Waals surface area contributed by atoms with Crippen molar-refractivity contribution in [2.24, 2.45) is 0 Å². The third kappa shape index (κ3) is 2.54. The van der Waals surface area contributed by atoms with Crippen molar-refractivity contribution in [2.45, 2.75) is 38.3 Å². The largest absolute Gasteiger partial charge is 0.494 e. The van der Waals surface area contributed by atoms with Gasteiger partial charge in [-0.05, 0) is 44.0 Å². The Balaban J connectivity index is 1.74. The van der Waals surface area contributed by atoms with Gasteiger partial charge >= 0.3 is 0 Å². The number of nitrogens with zero attached hydrogens (tertiary/aromatic N) is 1. The molecule has 5 nitrogen and oxygen atoms in total. The molecule has 106 valence electrons. The lowest BCUT2D eigenvalue weighted by atomic mass is 10.2. The van der Waals surface area contributed by atoms with Gasteiger partial charge in [0, 0.05) is 6.04 Å². The standard InChI is InChI=1S/C15H18N2O3/c1-2-20-12-7-5-11(6-8-12)17-14(18)9-13(15(17)19)16-10-3-4-10/h5-8,10,13,16H,2-4,9H2,1H3/t13-/m0/s1. The molecular formula is C15H18N2O3. The van der Waals surface area contributed by atoms with Gasteiger partial charge in [-0.15, -0.1) is 0 Å². The fraction of sp³-hybridized carbons (Fsp3) is 0.467. The third-order valence-corrected chi connectivity index (χ3v) is 3.57. The van der Waals surface area contributed by atoms with Crippen LogP contribution in [0.2, 0.25) is 0 Å². The molecule has 1 aromatic rings. The van der Waals surface area contributed by atoms with Gasteiger partial charge in [-0.25, -0.2) is 4.90 Å². The number of carbonyl (C=O) groups is 2. The van der Waals surface area contributed by atoms with Crippen LogP contribution in [-0.2, 0) is 9.59 Å². The van der Waals surface area contributed by atoms with Crippen LogP contribution in [0.25, 0.3) is 0 Å². The number of ether oxygens (including phenoxy) is 1. The van der Waals surface area contributed by atoms with Gasteiger partial charge in [0.05, 0.1) is 24.8 Å². The van der Waals surface area contributed by atoms with Gasteiger partial charge in [-0.1, -0.05) is 0 Å². The predicted octanol–water partition coefficient (Wildman–Crippen LogP) is 1.47. The van der Waals surface area contributed by atoms with E-state index in [1.165, 1.54) is 4.90 Å². The summed E-state index contributed by atoms with van der Waals surface area (Å²) in [5.41, 5.74) is 0.614. The summed E-state index contributed by atoms with van der Waals surface area (Å²) >= 11 is 0. The van der Waals surface area contributed by atoms with Crippen molar-refractivity contribution >= 4 is 17.5 Å². The van der Waals surface area contributed by atoms with Crippen molar-refractivity contribution < 1.29 is 14.3 Å².